The SMILES string of the molecule is CCC(Sc1cccc(NC(=O)/C(=C\c2ccc(OC)cc2)NC(=O)c2ccccc2)c1)C(=O)Nc1ccc(Oc2ccccc2)cc1. The van der Waals surface area contributed by atoms with Crippen LogP contribution in [0.2, 0.25) is 0 Å². The molecule has 3 amide bonds. The summed E-state index contributed by atoms with van der Waals surface area (Å²) in [5.74, 6) is 1.03. The molecular formula is C39H35N3O5S. The van der Waals surface area contributed by atoms with E-state index in [-0.39, 0.29) is 16.9 Å². The molecule has 48 heavy (non-hydrogen) atoms. The van der Waals surface area contributed by atoms with E-state index in [0.29, 0.717) is 40.4 Å². The van der Waals surface area contributed by atoms with E-state index in [0.717, 1.165) is 10.6 Å². The average Bonchev–Trinajstić information content (AvgIpc) is 3.12. The van der Waals surface area contributed by atoms with Gasteiger partial charge in [0.1, 0.15) is 22.9 Å². The Kier molecular flexibility index (Phi) is 11.7. The largest absolute Gasteiger partial charge is 0.497 e. The first-order chi connectivity index (χ1) is 23.4. The standard InChI is InChI=1S/C39H35N3O5S/c1-3-36(39(45)40-29-19-23-33(24-20-29)47-32-14-8-5-9-15-32)48-34-16-10-13-30(26-34)41-38(44)35(25-27-17-21-31(46-2)22-18-27)42-37(43)28-11-6-4-7-12-28/h4-26,36H,3H2,1-2H3,(H,40,45)(H,41,44)(H,42,43)/b35-25+. The highest BCUT2D eigenvalue weighted by Crippen LogP contribution is 2.29. The number of thioether (sulfide) groups is 1. The van der Waals surface area contributed by atoms with Gasteiger partial charge in [0, 0.05) is 21.8 Å². The summed E-state index contributed by atoms with van der Waals surface area (Å²) in [6.45, 7) is 1.95. The van der Waals surface area contributed by atoms with Crippen molar-refractivity contribution >= 4 is 46.9 Å². The Morgan fingerprint density at radius 3 is 2.02 bits per heavy atom. The molecule has 5 aromatic rings. The van der Waals surface area contributed by atoms with Gasteiger partial charge < -0.3 is 25.4 Å². The normalized spacial score (nSPS) is 11.6. The molecule has 0 saturated heterocycles. The number of ether oxygens (including phenoxy) is 2. The van der Waals surface area contributed by atoms with Gasteiger partial charge in [-0.15, -0.1) is 11.8 Å². The average molecular weight is 658 g/mol. The van der Waals surface area contributed by atoms with Crippen LogP contribution in [0.3, 0.4) is 0 Å². The molecule has 5 rings (SSSR count). The summed E-state index contributed by atoms with van der Waals surface area (Å²) in [5, 5.41) is 8.25. The van der Waals surface area contributed by atoms with E-state index >= 15 is 0 Å². The Labute approximate surface area is 284 Å². The van der Waals surface area contributed by atoms with Crippen LogP contribution < -0.4 is 25.4 Å². The molecule has 1 unspecified atom stereocenters. The van der Waals surface area contributed by atoms with Crippen LogP contribution in [0.15, 0.2) is 144 Å². The molecule has 0 saturated carbocycles. The van der Waals surface area contributed by atoms with Crippen molar-refractivity contribution in [3.63, 3.8) is 0 Å². The molecule has 3 N–H and O–H groups in total. The molecule has 0 aliphatic rings. The number of methoxy groups -OCH3 is 1. The van der Waals surface area contributed by atoms with E-state index < -0.39 is 11.8 Å². The third-order valence-corrected chi connectivity index (χ3v) is 8.45. The zero-order valence-corrected chi connectivity index (χ0v) is 27.3. The number of rotatable bonds is 13. The molecule has 0 aliphatic heterocycles. The number of benzene rings is 5. The maximum Gasteiger partial charge on any atom is 0.272 e. The molecule has 1 atom stereocenters. The Hall–Kier alpha value is -5.80. The minimum absolute atomic E-state index is 0.0677. The van der Waals surface area contributed by atoms with Gasteiger partial charge in [-0.2, -0.15) is 0 Å². The third-order valence-electron chi connectivity index (χ3n) is 7.09. The fraction of sp³-hybridized carbons (Fsp3) is 0.103. The van der Waals surface area contributed by atoms with Crippen molar-refractivity contribution < 1.29 is 23.9 Å². The molecule has 8 nitrogen and oxygen atoms in total. The Morgan fingerprint density at radius 2 is 1.35 bits per heavy atom. The van der Waals surface area contributed by atoms with Crippen LogP contribution in [-0.2, 0) is 9.59 Å². The molecule has 0 heterocycles. The lowest BCUT2D eigenvalue weighted by Crippen LogP contribution is -2.30. The molecular weight excluding hydrogens is 623 g/mol. The number of para-hydroxylation sites is 1. The second kappa shape index (κ2) is 16.7. The lowest BCUT2D eigenvalue weighted by molar-refractivity contribution is -0.116. The highest BCUT2D eigenvalue weighted by molar-refractivity contribution is 8.00. The Bertz CT molecular complexity index is 1860. The minimum Gasteiger partial charge on any atom is -0.497 e. The number of carbonyl (C=O) groups excluding carboxylic acids is 3. The fourth-order valence-electron chi connectivity index (χ4n) is 4.59. The zero-order valence-electron chi connectivity index (χ0n) is 26.5. The highest BCUT2D eigenvalue weighted by Gasteiger charge is 2.20. The number of anilines is 2. The predicted molar refractivity (Wildman–Crippen MR) is 191 cm³/mol. The monoisotopic (exact) mass is 657 g/mol. The van der Waals surface area contributed by atoms with Gasteiger partial charge in [-0.1, -0.05) is 61.5 Å². The molecule has 0 fully saturated rings. The molecule has 0 aliphatic carbocycles. The highest BCUT2D eigenvalue weighted by atomic mass is 32.2. The van der Waals surface area contributed by atoms with E-state index in [1.807, 2.05) is 67.6 Å². The van der Waals surface area contributed by atoms with Crippen molar-refractivity contribution in [3.8, 4) is 17.2 Å². The molecule has 0 aromatic heterocycles. The van der Waals surface area contributed by atoms with E-state index in [4.69, 9.17) is 9.47 Å². The van der Waals surface area contributed by atoms with E-state index in [2.05, 4.69) is 16.0 Å². The van der Waals surface area contributed by atoms with Gasteiger partial charge in [0.15, 0.2) is 0 Å². The second-order valence-corrected chi connectivity index (χ2v) is 11.9. The third kappa shape index (κ3) is 9.60. The van der Waals surface area contributed by atoms with Crippen LogP contribution in [0, 0.1) is 0 Å². The van der Waals surface area contributed by atoms with Crippen LogP contribution in [0.4, 0.5) is 11.4 Å². The van der Waals surface area contributed by atoms with Crippen LogP contribution in [0.25, 0.3) is 6.08 Å². The van der Waals surface area contributed by atoms with Crippen LogP contribution in [0.5, 0.6) is 17.2 Å². The van der Waals surface area contributed by atoms with Crippen LogP contribution >= 0.6 is 11.8 Å². The summed E-state index contributed by atoms with van der Waals surface area (Å²) < 4.78 is 11.1. The summed E-state index contributed by atoms with van der Waals surface area (Å²) in [4.78, 5) is 40.6. The first-order valence-corrected chi connectivity index (χ1v) is 16.2. The lowest BCUT2D eigenvalue weighted by atomic mass is 10.1. The first-order valence-electron chi connectivity index (χ1n) is 15.3. The number of amides is 3. The summed E-state index contributed by atoms with van der Waals surface area (Å²) in [6, 6.07) is 39.8. The van der Waals surface area contributed by atoms with Gasteiger partial charge in [-0.05, 0) is 96.9 Å². The molecule has 9 heteroatoms. The van der Waals surface area contributed by atoms with Crippen molar-refractivity contribution in [1.82, 2.24) is 5.32 Å². The summed E-state index contributed by atoms with van der Waals surface area (Å²) >= 11 is 1.40. The Balaban J connectivity index is 1.25. The maximum absolute atomic E-state index is 13.5. The van der Waals surface area contributed by atoms with Crippen molar-refractivity contribution in [3.05, 3.63) is 150 Å². The van der Waals surface area contributed by atoms with Gasteiger partial charge in [-0.3, -0.25) is 14.4 Å². The maximum atomic E-state index is 13.5. The summed E-state index contributed by atoms with van der Waals surface area (Å²) in [5.41, 5.74) is 2.37. The summed E-state index contributed by atoms with van der Waals surface area (Å²) in [7, 11) is 1.58. The number of carbonyl (C=O) groups is 3. The predicted octanol–water partition coefficient (Wildman–Crippen LogP) is 8.41. The van der Waals surface area contributed by atoms with Crippen LogP contribution in [0.1, 0.15) is 29.3 Å². The quantitative estimate of drug-likeness (QED) is 0.0868. The van der Waals surface area contributed by atoms with E-state index in [1.165, 1.54) is 11.8 Å². The smallest absolute Gasteiger partial charge is 0.272 e. The fourth-order valence-corrected chi connectivity index (χ4v) is 5.61. The number of hydrogen-bond acceptors (Lipinski definition) is 6. The van der Waals surface area contributed by atoms with Crippen molar-refractivity contribution in [2.24, 2.45) is 0 Å². The van der Waals surface area contributed by atoms with Gasteiger partial charge in [-0.25, -0.2) is 0 Å². The summed E-state index contributed by atoms with van der Waals surface area (Å²) in [6.07, 6.45) is 2.19. The topological polar surface area (TPSA) is 106 Å². The minimum atomic E-state index is -0.498. The van der Waals surface area contributed by atoms with Gasteiger partial charge in [0.2, 0.25) is 5.91 Å². The molecule has 0 radical (unpaired) electrons. The molecule has 5 aromatic carbocycles. The van der Waals surface area contributed by atoms with E-state index in [9.17, 15) is 14.4 Å². The van der Waals surface area contributed by atoms with Crippen molar-refractivity contribution in [2.45, 2.75) is 23.5 Å². The zero-order chi connectivity index (χ0) is 33.7. The lowest BCUT2D eigenvalue weighted by Gasteiger charge is -2.16. The van der Waals surface area contributed by atoms with Crippen LogP contribution in [-0.4, -0.2) is 30.1 Å². The molecule has 242 valence electrons. The molecule has 0 spiro atoms. The Morgan fingerprint density at radius 1 is 0.708 bits per heavy atom. The second-order valence-electron chi connectivity index (χ2n) is 10.6. The number of nitrogens with one attached hydrogen (secondary N) is 3. The van der Waals surface area contributed by atoms with Gasteiger partial charge in [0.05, 0.1) is 12.4 Å². The number of hydrogen-bond donors (Lipinski definition) is 3. The molecule has 0 bridgehead atoms. The van der Waals surface area contributed by atoms with E-state index in [1.54, 1.807) is 86.0 Å². The van der Waals surface area contributed by atoms with Crippen molar-refractivity contribution in [1.29, 1.82) is 0 Å². The van der Waals surface area contributed by atoms with Gasteiger partial charge >= 0.3 is 0 Å². The van der Waals surface area contributed by atoms with Crippen molar-refractivity contribution in [2.75, 3.05) is 17.7 Å². The van der Waals surface area contributed by atoms with Gasteiger partial charge in [0.25, 0.3) is 11.8 Å². The first kappa shape index (κ1) is 33.6.